The summed E-state index contributed by atoms with van der Waals surface area (Å²) in [6, 6.07) is 7.56. The van der Waals surface area contributed by atoms with Crippen LogP contribution in [0.25, 0.3) is 0 Å². The average molecular weight is 208 g/mol. The molecule has 0 saturated carbocycles. The summed E-state index contributed by atoms with van der Waals surface area (Å²) in [5.41, 5.74) is -0.552. The van der Waals surface area contributed by atoms with E-state index in [1.54, 1.807) is 0 Å². The molecule has 3 nitrogen and oxygen atoms in total. The third kappa shape index (κ3) is 1.92. The molecule has 0 bridgehead atoms. The van der Waals surface area contributed by atoms with Crippen molar-refractivity contribution in [3.63, 3.8) is 0 Å². The minimum atomic E-state index is -0.552. The van der Waals surface area contributed by atoms with Gasteiger partial charge in [0.1, 0.15) is 6.61 Å². The first-order chi connectivity index (χ1) is 7.29. The summed E-state index contributed by atoms with van der Waals surface area (Å²) in [6.07, 6.45) is 1.77. The molecule has 0 aromatic heterocycles. The molecule has 82 valence electrons. The summed E-state index contributed by atoms with van der Waals surface area (Å²) < 4.78 is 11.4. The van der Waals surface area contributed by atoms with Crippen molar-refractivity contribution >= 4 is 0 Å². The van der Waals surface area contributed by atoms with Gasteiger partial charge in [0.2, 0.25) is 0 Å². The highest BCUT2D eigenvalue weighted by Crippen LogP contribution is 2.36. The van der Waals surface area contributed by atoms with E-state index in [4.69, 9.17) is 9.47 Å². The van der Waals surface area contributed by atoms with E-state index in [9.17, 15) is 5.11 Å². The molecule has 1 aromatic carbocycles. The molecular weight excluding hydrogens is 192 g/mol. The molecule has 0 unspecified atom stereocenters. The zero-order valence-electron chi connectivity index (χ0n) is 8.90. The first kappa shape index (κ1) is 10.3. The van der Waals surface area contributed by atoms with Gasteiger partial charge in [-0.1, -0.05) is 25.5 Å². The zero-order chi connectivity index (χ0) is 10.7. The summed E-state index contributed by atoms with van der Waals surface area (Å²) in [6.45, 7) is 2.49. The van der Waals surface area contributed by atoms with Crippen LogP contribution in [-0.4, -0.2) is 23.9 Å². The number of ether oxygens (including phenoxy) is 2. The minimum Gasteiger partial charge on any atom is -0.485 e. The molecule has 1 heterocycles. The lowest BCUT2D eigenvalue weighted by Crippen LogP contribution is -2.48. The summed E-state index contributed by atoms with van der Waals surface area (Å²) >= 11 is 0. The highest BCUT2D eigenvalue weighted by Gasteiger charge is 2.36. The predicted molar refractivity (Wildman–Crippen MR) is 57.3 cm³/mol. The van der Waals surface area contributed by atoms with Crippen LogP contribution in [0.5, 0.6) is 11.5 Å². The molecule has 15 heavy (non-hydrogen) atoms. The Morgan fingerprint density at radius 3 is 2.73 bits per heavy atom. The van der Waals surface area contributed by atoms with Crippen molar-refractivity contribution in [3.8, 4) is 11.5 Å². The highest BCUT2D eigenvalue weighted by molar-refractivity contribution is 5.41. The van der Waals surface area contributed by atoms with Crippen molar-refractivity contribution in [1.82, 2.24) is 0 Å². The second-order valence-electron chi connectivity index (χ2n) is 3.93. The van der Waals surface area contributed by atoms with Crippen LogP contribution in [-0.2, 0) is 0 Å². The van der Waals surface area contributed by atoms with Gasteiger partial charge in [-0.3, -0.25) is 0 Å². The molecular formula is C12H16O3. The number of para-hydroxylation sites is 2. The van der Waals surface area contributed by atoms with E-state index < -0.39 is 5.60 Å². The number of hydrogen-bond acceptors (Lipinski definition) is 3. The van der Waals surface area contributed by atoms with Crippen molar-refractivity contribution in [1.29, 1.82) is 0 Å². The fraction of sp³-hybridized carbons (Fsp3) is 0.500. The van der Waals surface area contributed by atoms with Gasteiger partial charge in [-0.05, 0) is 18.6 Å². The molecule has 0 aliphatic carbocycles. The monoisotopic (exact) mass is 208 g/mol. The Morgan fingerprint density at radius 1 is 1.33 bits per heavy atom. The quantitative estimate of drug-likeness (QED) is 0.825. The van der Waals surface area contributed by atoms with Gasteiger partial charge in [0.05, 0.1) is 6.61 Å². The summed E-state index contributed by atoms with van der Waals surface area (Å²) in [5, 5.41) is 9.39. The molecule has 1 atom stereocenters. The van der Waals surface area contributed by atoms with Crippen LogP contribution in [0.2, 0.25) is 0 Å². The lowest BCUT2D eigenvalue weighted by Gasteiger charge is -2.36. The molecule has 1 aliphatic heterocycles. The van der Waals surface area contributed by atoms with Crippen LogP contribution in [0.3, 0.4) is 0 Å². The number of aliphatic hydroxyl groups excluding tert-OH is 1. The molecule has 0 amide bonds. The van der Waals surface area contributed by atoms with E-state index in [1.165, 1.54) is 0 Å². The third-order valence-corrected chi connectivity index (χ3v) is 2.66. The molecule has 1 N–H and O–H groups in total. The van der Waals surface area contributed by atoms with E-state index in [0.29, 0.717) is 6.61 Å². The zero-order valence-corrected chi connectivity index (χ0v) is 8.90. The lowest BCUT2D eigenvalue weighted by atomic mass is 9.99. The van der Waals surface area contributed by atoms with Crippen LogP contribution in [0.15, 0.2) is 24.3 Å². The summed E-state index contributed by atoms with van der Waals surface area (Å²) in [4.78, 5) is 0. The van der Waals surface area contributed by atoms with Gasteiger partial charge in [-0.15, -0.1) is 0 Å². The standard InChI is InChI=1S/C12H16O3/c1-2-7-12(8-13)9-14-10-5-3-4-6-11(10)15-12/h3-6,13H,2,7-9H2,1H3/t12-/m0/s1. The van der Waals surface area contributed by atoms with Crippen molar-refractivity contribution in [2.75, 3.05) is 13.2 Å². The molecule has 0 radical (unpaired) electrons. The summed E-state index contributed by atoms with van der Waals surface area (Å²) in [7, 11) is 0. The van der Waals surface area contributed by atoms with Gasteiger partial charge in [0.15, 0.2) is 17.1 Å². The van der Waals surface area contributed by atoms with Gasteiger partial charge >= 0.3 is 0 Å². The van der Waals surface area contributed by atoms with Gasteiger partial charge in [-0.25, -0.2) is 0 Å². The van der Waals surface area contributed by atoms with Gasteiger partial charge in [-0.2, -0.15) is 0 Å². The van der Waals surface area contributed by atoms with Crippen molar-refractivity contribution < 1.29 is 14.6 Å². The first-order valence-electron chi connectivity index (χ1n) is 5.31. The number of benzene rings is 1. The van der Waals surface area contributed by atoms with Crippen molar-refractivity contribution in [2.45, 2.75) is 25.4 Å². The second kappa shape index (κ2) is 4.11. The van der Waals surface area contributed by atoms with E-state index in [2.05, 4.69) is 6.92 Å². The van der Waals surface area contributed by atoms with Gasteiger partial charge in [0, 0.05) is 0 Å². The van der Waals surface area contributed by atoms with E-state index in [0.717, 1.165) is 24.3 Å². The molecule has 3 heteroatoms. The Labute approximate surface area is 89.6 Å². The fourth-order valence-corrected chi connectivity index (χ4v) is 1.86. The number of aliphatic hydroxyl groups is 1. The average Bonchev–Trinajstić information content (AvgIpc) is 2.29. The third-order valence-electron chi connectivity index (χ3n) is 2.66. The van der Waals surface area contributed by atoms with Crippen molar-refractivity contribution in [2.24, 2.45) is 0 Å². The van der Waals surface area contributed by atoms with Gasteiger partial charge < -0.3 is 14.6 Å². The molecule has 0 saturated heterocycles. The normalized spacial score (nSPS) is 23.9. The molecule has 0 spiro atoms. The van der Waals surface area contributed by atoms with Crippen LogP contribution in [0.4, 0.5) is 0 Å². The summed E-state index contributed by atoms with van der Waals surface area (Å²) in [5.74, 6) is 1.49. The Kier molecular flexibility index (Phi) is 2.82. The van der Waals surface area contributed by atoms with Crippen LogP contribution < -0.4 is 9.47 Å². The van der Waals surface area contributed by atoms with Crippen LogP contribution in [0, 0.1) is 0 Å². The van der Waals surface area contributed by atoms with Crippen molar-refractivity contribution in [3.05, 3.63) is 24.3 Å². The first-order valence-corrected chi connectivity index (χ1v) is 5.31. The maximum absolute atomic E-state index is 9.39. The Bertz CT molecular complexity index is 337. The SMILES string of the molecule is CCC[C@]1(CO)COc2ccccc2O1. The molecule has 0 fully saturated rings. The van der Waals surface area contributed by atoms with Crippen LogP contribution in [0.1, 0.15) is 19.8 Å². The Morgan fingerprint density at radius 2 is 2.07 bits per heavy atom. The van der Waals surface area contributed by atoms with E-state index in [1.807, 2.05) is 24.3 Å². The Balaban J connectivity index is 2.22. The molecule has 2 rings (SSSR count). The molecule has 1 aliphatic rings. The minimum absolute atomic E-state index is 0.00479. The molecule has 1 aromatic rings. The number of fused-ring (bicyclic) bond motifs is 1. The maximum Gasteiger partial charge on any atom is 0.166 e. The maximum atomic E-state index is 9.39. The van der Waals surface area contributed by atoms with E-state index in [-0.39, 0.29) is 6.61 Å². The lowest BCUT2D eigenvalue weighted by molar-refractivity contribution is -0.0531. The van der Waals surface area contributed by atoms with Gasteiger partial charge in [0.25, 0.3) is 0 Å². The Hall–Kier alpha value is -1.22. The largest absolute Gasteiger partial charge is 0.485 e. The number of hydrogen-bond donors (Lipinski definition) is 1. The highest BCUT2D eigenvalue weighted by atomic mass is 16.6. The van der Waals surface area contributed by atoms with Crippen LogP contribution >= 0.6 is 0 Å². The predicted octanol–water partition coefficient (Wildman–Crippen LogP) is 1.99. The topological polar surface area (TPSA) is 38.7 Å². The van der Waals surface area contributed by atoms with E-state index >= 15 is 0 Å². The second-order valence-corrected chi connectivity index (χ2v) is 3.93. The number of rotatable bonds is 3. The fourth-order valence-electron chi connectivity index (χ4n) is 1.86. The smallest absolute Gasteiger partial charge is 0.166 e.